The molecule has 0 fully saturated rings. The lowest BCUT2D eigenvalue weighted by atomic mass is 10.0. The highest BCUT2D eigenvalue weighted by Crippen LogP contribution is 2.34. The van der Waals surface area contributed by atoms with E-state index in [1.165, 1.54) is 5.56 Å². The molecule has 1 aliphatic rings. The second-order valence-electron chi connectivity index (χ2n) is 7.34. The smallest absolute Gasteiger partial charge is 0.258 e. The van der Waals surface area contributed by atoms with E-state index in [4.69, 9.17) is 10.5 Å². The van der Waals surface area contributed by atoms with Crippen molar-refractivity contribution in [3.63, 3.8) is 0 Å². The van der Waals surface area contributed by atoms with Crippen molar-refractivity contribution in [2.24, 2.45) is 5.73 Å². The quantitative estimate of drug-likeness (QED) is 0.661. The molecule has 0 aliphatic carbocycles. The lowest BCUT2D eigenvalue weighted by Gasteiger charge is -2.38. The summed E-state index contributed by atoms with van der Waals surface area (Å²) < 4.78 is 5.35. The van der Waals surface area contributed by atoms with E-state index < -0.39 is 5.91 Å². The Hall–Kier alpha value is -3.80. The van der Waals surface area contributed by atoms with Crippen LogP contribution in [-0.2, 0) is 11.3 Å². The van der Waals surface area contributed by atoms with Gasteiger partial charge >= 0.3 is 0 Å². The molecule has 4 rings (SSSR count). The molecule has 1 aliphatic heterocycles. The number of hydrogen-bond donors (Lipinski definition) is 2. The SMILES string of the molecule is Cc1ccc(CN2C(=O)c3ccccc3N[C@H]2c2ccc(OCC(N)=O)cc2)cc1. The molecule has 6 nitrogen and oxygen atoms in total. The van der Waals surface area contributed by atoms with E-state index in [1.807, 2.05) is 72.5 Å². The minimum absolute atomic E-state index is 0.0241. The Balaban J connectivity index is 1.65. The molecular weight excluding hydrogens is 378 g/mol. The molecule has 3 N–H and O–H groups in total. The number of amides is 2. The number of anilines is 1. The molecule has 0 saturated heterocycles. The summed E-state index contributed by atoms with van der Waals surface area (Å²) in [5.41, 5.74) is 9.74. The number of aryl methyl sites for hydroxylation is 1. The zero-order chi connectivity index (χ0) is 21.1. The van der Waals surface area contributed by atoms with Gasteiger partial charge in [-0.2, -0.15) is 0 Å². The van der Waals surface area contributed by atoms with Crippen molar-refractivity contribution < 1.29 is 14.3 Å². The van der Waals surface area contributed by atoms with E-state index >= 15 is 0 Å². The van der Waals surface area contributed by atoms with Crippen LogP contribution in [0, 0.1) is 6.92 Å². The number of para-hydroxylation sites is 1. The summed E-state index contributed by atoms with van der Waals surface area (Å²) in [6.45, 7) is 2.34. The van der Waals surface area contributed by atoms with Crippen LogP contribution in [0.3, 0.4) is 0 Å². The van der Waals surface area contributed by atoms with Gasteiger partial charge in [-0.25, -0.2) is 0 Å². The van der Waals surface area contributed by atoms with Crippen molar-refractivity contribution >= 4 is 17.5 Å². The second-order valence-corrected chi connectivity index (χ2v) is 7.34. The maximum atomic E-state index is 13.3. The van der Waals surface area contributed by atoms with Crippen LogP contribution in [0.1, 0.15) is 33.2 Å². The van der Waals surface area contributed by atoms with Crippen LogP contribution in [0.15, 0.2) is 72.8 Å². The number of benzene rings is 3. The number of carbonyl (C=O) groups excluding carboxylic acids is 2. The Morgan fingerprint density at radius 1 is 1.03 bits per heavy atom. The molecule has 30 heavy (non-hydrogen) atoms. The van der Waals surface area contributed by atoms with Gasteiger partial charge in [0.1, 0.15) is 11.9 Å². The summed E-state index contributed by atoms with van der Waals surface area (Å²) in [5, 5.41) is 3.49. The van der Waals surface area contributed by atoms with Crippen molar-refractivity contribution in [1.29, 1.82) is 0 Å². The Kier molecular flexibility index (Phi) is 5.39. The van der Waals surface area contributed by atoms with Crippen LogP contribution in [0.4, 0.5) is 5.69 Å². The van der Waals surface area contributed by atoms with Crippen LogP contribution in [-0.4, -0.2) is 23.3 Å². The largest absolute Gasteiger partial charge is 0.484 e. The minimum Gasteiger partial charge on any atom is -0.484 e. The molecule has 0 unspecified atom stereocenters. The first-order chi connectivity index (χ1) is 14.5. The fourth-order valence-corrected chi connectivity index (χ4v) is 3.51. The number of ether oxygens (including phenoxy) is 1. The van der Waals surface area contributed by atoms with Gasteiger partial charge in [0, 0.05) is 12.2 Å². The van der Waals surface area contributed by atoms with Crippen LogP contribution >= 0.6 is 0 Å². The van der Waals surface area contributed by atoms with Crippen molar-refractivity contribution in [2.75, 3.05) is 11.9 Å². The third-order valence-corrected chi connectivity index (χ3v) is 5.07. The number of carbonyl (C=O) groups is 2. The highest BCUT2D eigenvalue weighted by molar-refractivity contribution is 6.01. The summed E-state index contributed by atoms with van der Waals surface area (Å²) in [7, 11) is 0. The van der Waals surface area contributed by atoms with Gasteiger partial charge < -0.3 is 20.7 Å². The molecule has 6 heteroatoms. The highest BCUT2D eigenvalue weighted by atomic mass is 16.5. The Labute approximate surface area is 175 Å². The number of nitrogens with zero attached hydrogens (tertiary/aromatic N) is 1. The Morgan fingerprint density at radius 3 is 2.43 bits per heavy atom. The fourth-order valence-electron chi connectivity index (χ4n) is 3.51. The third kappa shape index (κ3) is 4.12. The summed E-state index contributed by atoms with van der Waals surface area (Å²) in [5.74, 6) is -0.00588. The van der Waals surface area contributed by atoms with E-state index in [9.17, 15) is 9.59 Å². The maximum Gasteiger partial charge on any atom is 0.258 e. The minimum atomic E-state index is -0.528. The van der Waals surface area contributed by atoms with Gasteiger partial charge in [0.25, 0.3) is 11.8 Å². The highest BCUT2D eigenvalue weighted by Gasteiger charge is 2.32. The van der Waals surface area contributed by atoms with Crippen molar-refractivity contribution in [3.8, 4) is 5.75 Å². The number of hydrogen-bond acceptors (Lipinski definition) is 4. The summed E-state index contributed by atoms with van der Waals surface area (Å²) >= 11 is 0. The van der Waals surface area contributed by atoms with Gasteiger partial charge in [-0.3, -0.25) is 9.59 Å². The Bertz CT molecular complexity index is 1060. The predicted octanol–water partition coefficient (Wildman–Crippen LogP) is 3.63. The second kappa shape index (κ2) is 8.29. The van der Waals surface area contributed by atoms with Crippen LogP contribution < -0.4 is 15.8 Å². The first-order valence-corrected chi connectivity index (χ1v) is 9.74. The van der Waals surface area contributed by atoms with Gasteiger partial charge in [0.15, 0.2) is 6.61 Å². The number of primary amides is 1. The molecule has 0 saturated carbocycles. The van der Waals surface area contributed by atoms with Crippen LogP contribution in [0.25, 0.3) is 0 Å². The van der Waals surface area contributed by atoms with Crippen LogP contribution in [0.5, 0.6) is 5.75 Å². The van der Waals surface area contributed by atoms with E-state index in [2.05, 4.69) is 5.32 Å². The van der Waals surface area contributed by atoms with Gasteiger partial charge in [-0.15, -0.1) is 0 Å². The average molecular weight is 401 g/mol. The molecule has 3 aromatic rings. The topological polar surface area (TPSA) is 84.7 Å². The molecular formula is C24H23N3O3. The van der Waals surface area contributed by atoms with E-state index in [0.717, 1.165) is 16.8 Å². The number of nitrogens with one attached hydrogen (secondary N) is 1. The molecule has 0 bridgehead atoms. The van der Waals surface area contributed by atoms with Gasteiger partial charge in [-0.1, -0.05) is 54.1 Å². The average Bonchev–Trinajstić information content (AvgIpc) is 2.76. The maximum absolute atomic E-state index is 13.3. The monoisotopic (exact) mass is 401 g/mol. The molecule has 1 heterocycles. The van der Waals surface area contributed by atoms with E-state index in [1.54, 1.807) is 12.1 Å². The molecule has 1 atom stereocenters. The molecule has 0 aromatic heterocycles. The zero-order valence-electron chi connectivity index (χ0n) is 16.7. The van der Waals surface area contributed by atoms with E-state index in [0.29, 0.717) is 17.9 Å². The summed E-state index contributed by atoms with van der Waals surface area (Å²) in [6, 6.07) is 23.0. The van der Waals surface area contributed by atoms with Crippen LogP contribution in [0.2, 0.25) is 0 Å². The summed E-state index contributed by atoms with van der Waals surface area (Å²) in [6.07, 6.45) is -0.334. The van der Waals surface area contributed by atoms with Crippen molar-refractivity contribution in [1.82, 2.24) is 4.90 Å². The normalized spacial score (nSPS) is 15.3. The molecule has 0 spiro atoms. The van der Waals surface area contributed by atoms with Crippen molar-refractivity contribution in [2.45, 2.75) is 19.6 Å². The first kappa shape index (κ1) is 19.5. The van der Waals surface area contributed by atoms with Gasteiger partial charge in [-0.05, 0) is 42.3 Å². The molecule has 2 amide bonds. The standard InChI is InChI=1S/C24H23N3O3/c1-16-6-8-17(9-7-16)14-27-23(26-21-5-3-2-4-20(21)24(27)29)18-10-12-19(13-11-18)30-15-22(25)28/h2-13,23,26H,14-15H2,1H3,(H2,25,28)/t23-/m1/s1. The molecule has 152 valence electrons. The first-order valence-electron chi connectivity index (χ1n) is 9.74. The van der Waals surface area contributed by atoms with Gasteiger partial charge in [0.05, 0.1) is 5.56 Å². The fraction of sp³-hybridized carbons (Fsp3) is 0.167. The van der Waals surface area contributed by atoms with Crippen molar-refractivity contribution in [3.05, 3.63) is 95.1 Å². The number of rotatable bonds is 6. The summed E-state index contributed by atoms with van der Waals surface area (Å²) in [4.78, 5) is 26.1. The molecule has 0 radical (unpaired) electrons. The molecule has 3 aromatic carbocycles. The predicted molar refractivity (Wildman–Crippen MR) is 115 cm³/mol. The lowest BCUT2D eigenvalue weighted by Crippen LogP contribution is -2.42. The zero-order valence-corrected chi connectivity index (χ0v) is 16.7. The third-order valence-electron chi connectivity index (χ3n) is 5.07. The number of fused-ring (bicyclic) bond motifs is 1. The number of nitrogens with two attached hydrogens (primary N) is 1. The Morgan fingerprint density at radius 2 is 1.73 bits per heavy atom. The van der Waals surface area contributed by atoms with E-state index in [-0.39, 0.29) is 18.7 Å². The lowest BCUT2D eigenvalue weighted by molar-refractivity contribution is -0.119. The van der Waals surface area contributed by atoms with Gasteiger partial charge in [0.2, 0.25) is 0 Å².